The average Bonchev–Trinajstić information content (AvgIpc) is 1.64. The number of thiophene rings is 1. The normalized spacial score (nSPS) is 16.2. The van der Waals surface area contributed by atoms with E-state index in [2.05, 4.69) is 341 Å². The number of anilines is 7. The van der Waals surface area contributed by atoms with Crippen LogP contribution in [0.15, 0.2) is 175 Å². The molecule has 8 aliphatic rings. The SMILES string of the molecule is C.CC.CC.CC.CC.CC.CC.CC1CCNc2c1[nH]c1ccccc21.CC1CNCc2c1[nH]c1ccccc21.CN1CCCc2c1[nH]c1ccccc21.CN1CCCc2c1n(C)c1ccccc21.CN1CCNc2c1[nH]c1ccccc21.CN1CNCc2c1[nH]c1ccccc21.CN1NCCc2c1[nH]c1ccsc21.Cc1ccc2[nH]c3c(c2c1)CCNC3C. The molecule has 0 spiro atoms. The summed E-state index contributed by atoms with van der Waals surface area (Å²) in [6, 6.07) is 60.4. The highest BCUT2D eigenvalue weighted by Crippen LogP contribution is 2.41. The van der Waals surface area contributed by atoms with E-state index in [1.807, 2.05) is 94.4 Å². The molecule has 24 rings (SSSR count). The number of rotatable bonds is 0. The molecular formula is C106H151N19S. The molecule has 3 atom stereocenters. The molecule has 16 aromatic rings. The van der Waals surface area contributed by atoms with Crippen LogP contribution in [-0.2, 0) is 45.8 Å². The van der Waals surface area contributed by atoms with Gasteiger partial charge < -0.3 is 80.3 Å². The van der Waals surface area contributed by atoms with Crippen molar-refractivity contribution in [2.24, 2.45) is 7.05 Å². The maximum atomic E-state index is 3.53. The minimum atomic E-state index is 0. The van der Waals surface area contributed by atoms with E-state index < -0.39 is 0 Å². The van der Waals surface area contributed by atoms with Gasteiger partial charge in [-0.05, 0) is 142 Å². The van der Waals surface area contributed by atoms with Gasteiger partial charge in [0.05, 0.1) is 28.3 Å². The highest BCUT2D eigenvalue weighted by Gasteiger charge is 2.27. The van der Waals surface area contributed by atoms with Gasteiger partial charge in [-0.2, -0.15) is 0 Å². The van der Waals surface area contributed by atoms with E-state index in [1.165, 1.54) is 228 Å². The Morgan fingerprint density at radius 1 is 0.365 bits per heavy atom. The Morgan fingerprint density at radius 2 is 0.857 bits per heavy atom. The van der Waals surface area contributed by atoms with Crippen molar-refractivity contribution in [1.29, 1.82) is 0 Å². The predicted molar refractivity (Wildman–Crippen MR) is 555 cm³/mol. The highest BCUT2D eigenvalue weighted by molar-refractivity contribution is 7.17. The van der Waals surface area contributed by atoms with Crippen molar-refractivity contribution in [2.75, 3.05) is 130 Å². The fraction of sp³-hybridized carbons (Fsp3) is 0.415. The van der Waals surface area contributed by atoms with Gasteiger partial charge in [0, 0.05) is 229 Å². The first kappa shape index (κ1) is 97.2. The number of nitrogens with zero attached hydrogens (tertiary/aromatic N) is 6. The zero-order valence-corrected chi connectivity index (χ0v) is 80.1. The van der Waals surface area contributed by atoms with Crippen LogP contribution in [0, 0.1) is 6.92 Å². The first-order valence-electron chi connectivity index (χ1n) is 46.9. The molecular weight excluding hydrogens is 1570 g/mol. The van der Waals surface area contributed by atoms with Gasteiger partial charge in [-0.15, -0.1) is 11.3 Å². The van der Waals surface area contributed by atoms with E-state index in [1.54, 1.807) is 0 Å². The fourth-order valence-corrected chi connectivity index (χ4v) is 19.3. The molecule has 0 fully saturated rings. The summed E-state index contributed by atoms with van der Waals surface area (Å²) in [5, 5.41) is 31.0. The second-order valence-corrected chi connectivity index (χ2v) is 32.9. The largest absolute Gasteiger partial charge is 0.383 e. The monoisotopic (exact) mass is 1720 g/mol. The van der Waals surface area contributed by atoms with Gasteiger partial charge >= 0.3 is 0 Å². The smallest absolute Gasteiger partial charge is 0.130 e. The van der Waals surface area contributed by atoms with Gasteiger partial charge in [-0.3, -0.25) is 10.3 Å². The zero-order chi connectivity index (χ0) is 89.4. The van der Waals surface area contributed by atoms with Crippen molar-refractivity contribution in [3.63, 3.8) is 0 Å². The van der Waals surface area contributed by atoms with Gasteiger partial charge in [0.15, 0.2) is 0 Å². The van der Waals surface area contributed by atoms with Crippen LogP contribution >= 0.6 is 11.3 Å². The zero-order valence-electron chi connectivity index (χ0n) is 79.3. The van der Waals surface area contributed by atoms with E-state index in [0.717, 1.165) is 71.9 Å². The summed E-state index contributed by atoms with van der Waals surface area (Å²) in [7, 11) is 12.8. The van der Waals surface area contributed by atoms with E-state index in [4.69, 9.17) is 0 Å². The van der Waals surface area contributed by atoms with Crippen LogP contribution in [0.4, 0.5) is 40.5 Å². The maximum absolute atomic E-state index is 3.53. The Labute approximate surface area is 756 Å². The standard InChI is InChI=1S/2C13H16N2.3C12H14N2.2C11H13N3.C9H11N3S.6C2H6.CH4/c1-8-3-4-12-11(7-8)10-5-6-14-9(2)13(10)15-12;1-14-9-5-7-11-10-6-3-4-8-12(10)15(2)13(11)14;1-14-8-4-6-10-9-5-2-3-7-11(9)13-12(10)14;1-8-6-13-7-10-9-4-2-3-5-11(9)14-12(8)10;1-8-6-7-13-12-9-4-2-3-5-10(9)14-11(8)12;1-14-7-12-6-9-8-4-2-3-5-10(8)13-11(9)14;1-14-7-6-12-10-8-4-2-3-5-9(8)13-11(10)14;1-12-9-6(2-4-10-12)8-7(11-9)3-5-13-8;6*1-2;/h3-4,7,9,14-15H,5-6H2,1-2H3;3-4,6,8H,5,7,9H2,1-2H3;2-3,5,7,13H,4,6,8H2,1H3;2*2-5,8,13-14H,6-7H2,1H3;2*2-5,12-13H,6-7H2,1H3;3,5,10-11H,2,4H2,1H3;6*1-2H3;1H4. The molecule has 0 bridgehead atoms. The molecule has 126 heavy (non-hydrogen) atoms. The summed E-state index contributed by atoms with van der Waals surface area (Å²) in [4.78, 5) is 33.5. The van der Waals surface area contributed by atoms with E-state index in [-0.39, 0.29) is 7.43 Å². The summed E-state index contributed by atoms with van der Waals surface area (Å²) in [5.74, 6) is 7.67. The lowest BCUT2D eigenvalue weighted by molar-refractivity contribution is 0.533. The molecule has 0 saturated heterocycles. The second-order valence-electron chi connectivity index (χ2n) is 31.9. The molecule has 0 radical (unpaired) electrons. The molecule has 0 aliphatic carbocycles. The molecule has 9 aromatic heterocycles. The summed E-state index contributed by atoms with van der Waals surface area (Å²) >= 11 is 1.82. The van der Waals surface area contributed by atoms with Crippen molar-refractivity contribution < 1.29 is 0 Å². The first-order valence-corrected chi connectivity index (χ1v) is 47.8. The van der Waals surface area contributed by atoms with Crippen molar-refractivity contribution in [3.8, 4) is 0 Å². The lowest BCUT2D eigenvalue weighted by Crippen LogP contribution is -2.39. The fourth-order valence-electron chi connectivity index (χ4n) is 18.4. The van der Waals surface area contributed by atoms with Crippen LogP contribution in [-0.4, -0.2) is 134 Å². The topological polar surface area (TPSA) is 204 Å². The number of aromatic amines is 7. The molecule has 17 heterocycles. The number of hydrogen-bond acceptors (Lipinski definition) is 12. The van der Waals surface area contributed by atoms with Gasteiger partial charge in [0.25, 0.3) is 0 Å². The van der Waals surface area contributed by atoms with Gasteiger partial charge in [0.1, 0.15) is 29.1 Å². The second kappa shape index (κ2) is 47.0. The summed E-state index contributed by atoms with van der Waals surface area (Å²) in [5.41, 5.74) is 30.3. The Morgan fingerprint density at radius 3 is 1.52 bits per heavy atom. The quantitative estimate of drug-likeness (QED) is 0.0688. The van der Waals surface area contributed by atoms with E-state index in [0.29, 0.717) is 17.9 Å². The van der Waals surface area contributed by atoms with Crippen LogP contribution in [0.5, 0.6) is 0 Å². The van der Waals surface area contributed by atoms with Crippen LogP contribution in [0.2, 0.25) is 0 Å². The third kappa shape index (κ3) is 21.3. The van der Waals surface area contributed by atoms with Crippen molar-refractivity contribution in [2.45, 2.75) is 194 Å². The molecule has 0 saturated carbocycles. The molecule has 19 nitrogen and oxygen atoms in total. The Hall–Kier alpha value is -11.0. The minimum Gasteiger partial charge on any atom is -0.383 e. The van der Waals surface area contributed by atoms with Crippen molar-refractivity contribution >= 4 is 138 Å². The van der Waals surface area contributed by atoms with E-state index >= 15 is 0 Å². The lowest BCUT2D eigenvalue weighted by atomic mass is 9.98. The maximum Gasteiger partial charge on any atom is 0.130 e. The summed E-state index contributed by atoms with van der Waals surface area (Å²) in [6.07, 6.45) is 8.47. The molecule has 3 unspecified atom stereocenters. The Balaban J connectivity index is 0.000000147. The number of hydrogen-bond donors (Lipinski definition) is 13. The van der Waals surface area contributed by atoms with Crippen LogP contribution in [0.3, 0.4) is 0 Å². The van der Waals surface area contributed by atoms with Crippen LogP contribution < -0.4 is 56.6 Å². The summed E-state index contributed by atoms with van der Waals surface area (Å²) in [6.45, 7) is 44.5. The molecule has 0 amide bonds. The molecule has 13 N–H and O–H groups in total. The number of nitrogens with one attached hydrogen (secondary N) is 13. The van der Waals surface area contributed by atoms with Gasteiger partial charge in [-0.25, -0.2) is 5.43 Å². The molecule has 20 heteroatoms. The van der Waals surface area contributed by atoms with Gasteiger partial charge in [0.2, 0.25) is 0 Å². The molecule has 8 aliphatic heterocycles. The van der Waals surface area contributed by atoms with E-state index in [9.17, 15) is 0 Å². The van der Waals surface area contributed by atoms with Crippen molar-refractivity contribution in [3.05, 3.63) is 231 Å². The summed E-state index contributed by atoms with van der Waals surface area (Å²) < 4.78 is 3.74. The Kier molecular flexibility index (Phi) is 36.3. The predicted octanol–water partition coefficient (Wildman–Crippen LogP) is 25.5. The van der Waals surface area contributed by atoms with Gasteiger partial charge in [-0.1, -0.05) is 225 Å². The Bertz CT molecular complexity index is 5480. The number of fused-ring (bicyclic) bond motifs is 24. The number of para-hydroxylation sites is 6. The third-order valence-corrected chi connectivity index (χ3v) is 25.3. The number of aryl methyl sites for hydroxylation is 4. The van der Waals surface area contributed by atoms with Crippen LogP contribution in [0.25, 0.3) is 86.5 Å². The number of likely N-dealkylation sites (N-methyl/N-ethyl adjacent to an activating group) is 1. The minimum absolute atomic E-state index is 0. The third-order valence-electron chi connectivity index (χ3n) is 24.3. The number of aromatic nitrogens is 8. The van der Waals surface area contributed by atoms with Crippen LogP contribution in [0.1, 0.15) is 204 Å². The average molecular weight is 1720 g/mol. The van der Waals surface area contributed by atoms with Crippen molar-refractivity contribution in [1.82, 2.24) is 60.8 Å². The number of H-pyrrole nitrogens is 7. The first-order chi connectivity index (χ1) is 61.2. The lowest BCUT2D eigenvalue weighted by Gasteiger charge is -2.26. The molecule has 7 aromatic carbocycles. The molecule has 676 valence electrons. The number of hydrazine groups is 1. The number of benzene rings is 7. The highest BCUT2D eigenvalue weighted by atomic mass is 32.1.